The standard InChI is InChI=1S/C10H10FN3S/c1-15-10-12-6-14(7-13-10)9-4-2-8(11)3-5-9/h2-6H,7H2,1H3. The lowest BCUT2D eigenvalue weighted by molar-refractivity contribution is 0.628. The van der Waals surface area contributed by atoms with E-state index < -0.39 is 0 Å². The van der Waals surface area contributed by atoms with Crippen LogP contribution in [0.15, 0.2) is 34.3 Å². The van der Waals surface area contributed by atoms with Gasteiger partial charge >= 0.3 is 0 Å². The fourth-order valence-corrected chi connectivity index (χ4v) is 1.57. The Kier molecular flexibility index (Phi) is 3.01. The Bertz CT molecular complexity index is 400. The fraction of sp³-hybridized carbons (Fsp3) is 0.200. The number of anilines is 1. The molecule has 0 amide bonds. The van der Waals surface area contributed by atoms with Crippen LogP contribution in [0.3, 0.4) is 0 Å². The van der Waals surface area contributed by atoms with E-state index in [-0.39, 0.29) is 5.82 Å². The number of nitrogens with zero attached hydrogens (tertiary/aromatic N) is 3. The van der Waals surface area contributed by atoms with Crippen molar-refractivity contribution in [2.24, 2.45) is 9.98 Å². The second kappa shape index (κ2) is 4.44. The summed E-state index contributed by atoms with van der Waals surface area (Å²) in [5, 5.41) is 0.772. The summed E-state index contributed by atoms with van der Waals surface area (Å²) in [7, 11) is 0. The number of benzene rings is 1. The largest absolute Gasteiger partial charge is 0.312 e. The van der Waals surface area contributed by atoms with Gasteiger partial charge in [-0.05, 0) is 30.5 Å². The van der Waals surface area contributed by atoms with Crippen molar-refractivity contribution in [3.63, 3.8) is 0 Å². The van der Waals surface area contributed by atoms with Gasteiger partial charge in [0.15, 0.2) is 5.17 Å². The third kappa shape index (κ3) is 2.36. The SMILES string of the molecule is CSC1=NCN(c2ccc(F)cc2)C=N1. The number of thioether (sulfide) groups is 1. The summed E-state index contributed by atoms with van der Waals surface area (Å²) in [6.07, 6.45) is 3.65. The first-order chi connectivity index (χ1) is 7.29. The van der Waals surface area contributed by atoms with Gasteiger partial charge in [0, 0.05) is 5.69 Å². The van der Waals surface area contributed by atoms with Gasteiger partial charge in [0.2, 0.25) is 0 Å². The van der Waals surface area contributed by atoms with Gasteiger partial charge in [0.05, 0.1) is 6.34 Å². The summed E-state index contributed by atoms with van der Waals surface area (Å²) in [4.78, 5) is 10.3. The molecule has 0 aliphatic carbocycles. The van der Waals surface area contributed by atoms with Crippen molar-refractivity contribution >= 4 is 29.0 Å². The van der Waals surface area contributed by atoms with Crippen molar-refractivity contribution in [2.75, 3.05) is 17.8 Å². The van der Waals surface area contributed by atoms with Crippen molar-refractivity contribution < 1.29 is 4.39 Å². The molecule has 0 atom stereocenters. The molecule has 5 heteroatoms. The molecule has 0 fully saturated rings. The van der Waals surface area contributed by atoms with E-state index in [2.05, 4.69) is 9.98 Å². The number of aliphatic imine (C=N–C) groups is 2. The summed E-state index contributed by atoms with van der Waals surface area (Å²) >= 11 is 1.51. The number of amidine groups is 1. The molecule has 15 heavy (non-hydrogen) atoms. The maximum atomic E-state index is 12.7. The minimum Gasteiger partial charge on any atom is -0.312 e. The fourth-order valence-electron chi connectivity index (χ4n) is 1.23. The molecule has 0 unspecified atom stereocenters. The highest BCUT2D eigenvalue weighted by Crippen LogP contribution is 2.16. The quantitative estimate of drug-likeness (QED) is 0.731. The molecule has 0 aromatic heterocycles. The van der Waals surface area contributed by atoms with E-state index in [1.807, 2.05) is 11.2 Å². The van der Waals surface area contributed by atoms with Crippen LogP contribution >= 0.6 is 11.8 Å². The lowest BCUT2D eigenvalue weighted by Crippen LogP contribution is -2.25. The zero-order valence-electron chi connectivity index (χ0n) is 8.22. The molecule has 78 valence electrons. The molecule has 0 radical (unpaired) electrons. The highest BCUT2D eigenvalue weighted by atomic mass is 32.2. The first-order valence-corrected chi connectivity index (χ1v) is 5.67. The molecule has 0 N–H and O–H groups in total. The Hall–Kier alpha value is -1.36. The average Bonchev–Trinajstić information content (AvgIpc) is 2.30. The molecule has 1 aromatic rings. The van der Waals surface area contributed by atoms with Crippen LogP contribution in [0, 0.1) is 5.82 Å². The predicted molar refractivity (Wildman–Crippen MR) is 63.2 cm³/mol. The van der Waals surface area contributed by atoms with Crippen molar-refractivity contribution in [1.82, 2.24) is 0 Å². The molecule has 0 spiro atoms. The molecule has 1 aromatic carbocycles. The second-order valence-corrected chi connectivity index (χ2v) is 3.75. The third-order valence-electron chi connectivity index (χ3n) is 2.01. The molecule has 0 bridgehead atoms. The maximum absolute atomic E-state index is 12.7. The zero-order chi connectivity index (χ0) is 10.7. The van der Waals surface area contributed by atoms with Crippen LogP contribution in [-0.2, 0) is 0 Å². The Morgan fingerprint density at radius 1 is 1.33 bits per heavy atom. The normalized spacial score (nSPS) is 15.3. The van der Waals surface area contributed by atoms with Crippen LogP contribution in [0.1, 0.15) is 0 Å². The van der Waals surface area contributed by atoms with Crippen molar-refractivity contribution in [2.45, 2.75) is 0 Å². The molecular formula is C10H10FN3S. The first-order valence-electron chi connectivity index (χ1n) is 4.44. The zero-order valence-corrected chi connectivity index (χ0v) is 9.04. The molecule has 1 aliphatic heterocycles. The highest BCUT2D eigenvalue weighted by Gasteiger charge is 2.08. The molecule has 1 heterocycles. The van der Waals surface area contributed by atoms with E-state index in [9.17, 15) is 4.39 Å². The molecule has 2 rings (SSSR count). The molecule has 0 saturated carbocycles. The Morgan fingerprint density at radius 2 is 2.07 bits per heavy atom. The van der Waals surface area contributed by atoms with Gasteiger partial charge in [-0.25, -0.2) is 14.4 Å². The number of rotatable bonds is 1. The molecule has 1 aliphatic rings. The van der Waals surface area contributed by atoms with Gasteiger partial charge in [0.25, 0.3) is 0 Å². The van der Waals surface area contributed by atoms with Crippen LogP contribution < -0.4 is 4.90 Å². The average molecular weight is 223 g/mol. The highest BCUT2D eigenvalue weighted by molar-refractivity contribution is 8.13. The van der Waals surface area contributed by atoms with Crippen LogP contribution in [-0.4, -0.2) is 24.4 Å². The smallest absolute Gasteiger partial charge is 0.185 e. The summed E-state index contributed by atoms with van der Waals surface area (Å²) < 4.78 is 12.7. The lowest BCUT2D eigenvalue weighted by Gasteiger charge is -2.20. The van der Waals surface area contributed by atoms with Crippen LogP contribution in [0.5, 0.6) is 0 Å². The van der Waals surface area contributed by atoms with E-state index in [0.29, 0.717) is 6.67 Å². The predicted octanol–water partition coefficient (Wildman–Crippen LogP) is 2.35. The van der Waals surface area contributed by atoms with Crippen molar-refractivity contribution in [3.05, 3.63) is 30.1 Å². The third-order valence-corrected chi connectivity index (χ3v) is 2.61. The van der Waals surface area contributed by atoms with E-state index in [1.165, 1.54) is 23.9 Å². The molecule has 0 saturated heterocycles. The van der Waals surface area contributed by atoms with E-state index in [4.69, 9.17) is 0 Å². The monoisotopic (exact) mass is 223 g/mol. The van der Waals surface area contributed by atoms with E-state index in [0.717, 1.165) is 10.9 Å². The molecular weight excluding hydrogens is 213 g/mol. The lowest BCUT2D eigenvalue weighted by atomic mass is 10.3. The minimum absolute atomic E-state index is 0.235. The van der Waals surface area contributed by atoms with Gasteiger partial charge in [0.1, 0.15) is 12.5 Å². The van der Waals surface area contributed by atoms with Gasteiger partial charge in [-0.15, -0.1) is 0 Å². The summed E-state index contributed by atoms with van der Waals surface area (Å²) in [6.45, 7) is 0.533. The molecule has 3 nitrogen and oxygen atoms in total. The summed E-state index contributed by atoms with van der Waals surface area (Å²) in [6, 6.07) is 6.27. The Balaban J connectivity index is 2.12. The van der Waals surface area contributed by atoms with Gasteiger partial charge < -0.3 is 4.90 Å². The van der Waals surface area contributed by atoms with E-state index in [1.54, 1.807) is 18.5 Å². The summed E-state index contributed by atoms with van der Waals surface area (Å²) in [5.74, 6) is -0.235. The van der Waals surface area contributed by atoms with Gasteiger partial charge in [-0.3, -0.25) is 0 Å². The van der Waals surface area contributed by atoms with Crippen molar-refractivity contribution in [3.8, 4) is 0 Å². The number of halogens is 1. The van der Waals surface area contributed by atoms with Crippen LogP contribution in [0.2, 0.25) is 0 Å². The summed E-state index contributed by atoms with van der Waals surface area (Å²) in [5.41, 5.74) is 0.893. The first kappa shape index (κ1) is 10.2. The second-order valence-electron chi connectivity index (χ2n) is 2.98. The number of hydrogen-bond acceptors (Lipinski definition) is 4. The van der Waals surface area contributed by atoms with Crippen LogP contribution in [0.25, 0.3) is 0 Å². The Morgan fingerprint density at radius 3 is 2.60 bits per heavy atom. The van der Waals surface area contributed by atoms with E-state index >= 15 is 0 Å². The van der Waals surface area contributed by atoms with Crippen LogP contribution in [0.4, 0.5) is 10.1 Å². The van der Waals surface area contributed by atoms with Gasteiger partial charge in [-0.1, -0.05) is 11.8 Å². The minimum atomic E-state index is -0.235. The van der Waals surface area contributed by atoms with Gasteiger partial charge in [-0.2, -0.15) is 0 Å². The van der Waals surface area contributed by atoms with Crippen molar-refractivity contribution in [1.29, 1.82) is 0 Å². The number of hydrogen-bond donors (Lipinski definition) is 0. The maximum Gasteiger partial charge on any atom is 0.185 e. The topological polar surface area (TPSA) is 28.0 Å². The Labute approximate surface area is 91.7 Å².